The Balaban J connectivity index is 1.77. The van der Waals surface area contributed by atoms with E-state index in [2.05, 4.69) is 5.32 Å². The van der Waals surface area contributed by atoms with E-state index in [0.717, 1.165) is 25.7 Å². The van der Waals surface area contributed by atoms with Gasteiger partial charge in [-0.3, -0.25) is 9.59 Å². The first-order chi connectivity index (χ1) is 15.9. The van der Waals surface area contributed by atoms with E-state index < -0.39 is 11.9 Å². The van der Waals surface area contributed by atoms with Gasteiger partial charge in [0, 0.05) is 22.6 Å². The average Bonchev–Trinajstić information content (AvgIpc) is 2.80. The molecule has 1 saturated carbocycles. The minimum Gasteiger partial charge on any atom is -0.484 e. The first-order valence-electron chi connectivity index (χ1n) is 11.3. The monoisotopic (exact) mass is 494 g/mol. The molecule has 0 unspecified atom stereocenters. The first kappa shape index (κ1) is 25.3. The van der Waals surface area contributed by atoms with E-state index in [-0.39, 0.29) is 31.0 Å². The summed E-state index contributed by atoms with van der Waals surface area (Å²) in [5.41, 5.74) is 0.681. The highest BCUT2D eigenvalue weighted by molar-refractivity contribution is 6.35. The Morgan fingerprint density at radius 2 is 1.82 bits per heavy atom. The molecule has 0 spiro atoms. The van der Waals surface area contributed by atoms with Crippen molar-refractivity contribution in [1.29, 1.82) is 0 Å². The molecule has 178 valence electrons. The molecular weight excluding hydrogens is 466 g/mol. The summed E-state index contributed by atoms with van der Waals surface area (Å²) in [6, 6.07) is 9.94. The lowest BCUT2D eigenvalue weighted by molar-refractivity contribution is -0.143. The fourth-order valence-corrected chi connectivity index (χ4v) is 4.52. The second-order valence-corrected chi connectivity index (χ2v) is 9.11. The lowest BCUT2D eigenvalue weighted by Gasteiger charge is -2.33. The van der Waals surface area contributed by atoms with Gasteiger partial charge in [-0.05, 0) is 61.2 Å². The van der Waals surface area contributed by atoms with Crippen LogP contribution >= 0.6 is 23.2 Å². The van der Waals surface area contributed by atoms with Crippen LogP contribution in [0.1, 0.15) is 51.0 Å². The number of carbonyl (C=O) groups excluding carboxylic acids is 2. The van der Waals surface area contributed by atoms with Crippen LogP contribution in [0.2, 0.25) is 10.0 Å². The highest BCUT2D eigenvalue weighted by atomic mass is 35.5. The Labute approximate surface area is 204 Å². The van der Waals surface area contributed by atoms with Gasteiger partial charge in [-0.1, -0.05) is 55.5 Å². The standard InChI is InChI=1S/C25H29Cl2FN2O3/c1-2-23(25(32)29-20-6-4-3-5-7-20)30(15-17-8-9-18(26)14-22(17)27)24(31)16-33-21-12-10-19(28)11-13-21/h8-14,20,23H,2-7,15-16H2,1H3,(H,29,32)/t23-/m1/s1. The van der Waals surface area contributed by atoms with Crippen LogP contribution in [0.5, 0.6) is 5.75 Å². The quantitative estimate of drug-likeness (QED) is 0.481. The third-order valence-corrected chi connectivity index (χ3v) is 6.46. The minimum absolute atomic E-state index is 0.131. The van der Waals surface area contributed by atoms with Crippen molar-refractivity contribution in [2.24, 2.45) is 0 Å². The van der Waals surface area contributed by atoms with E-state index in [9.17, 15) is 14.0 Å². The van der Waals surface area contributed by atoms with Crippen molar-refractivity contribution in [3.8, 4) is 5.75 Å². The second kappa shape index (κ2) is 12.2. The second-order valence-electron chi connectivity index (χ2n) is 8.27. The summed E-state index contributed by atoms with van der Waals surface area (Å²) in [5, 5.41) is 4.03. The predicted octanol–water partition coefficient (Wildman–Crippen LogP) is 5.77. The Hall–Kier alpha value is -2.31. The van der Waals surface area contributed by atoms with Crippen molar-refractivity contribution in [1.82, 2.24) is 10.2 Å². The molecule has 1 N–H and O–H groups in total. The molecule has 0 aromatic heterocycles. The predicted molar refractivity (Wildman–Crippen MR) is 128 cm³/mol. The molecule has 0 bridgehead atoms. The van der Waals surface area contributed by atoms with Crippen LogP contribution < -0.4 is 10.1 Å². The smallest absolute Gasteiger partial charge is 0.261 e. The van der Waals surface area contributed by atoms with Gasteiger partial charge in [0.05, 0.1) is 0 Å². The molecule has 0 aliphatic heterocycles. The third kappa shape index (κ3) is 7.34. The van der Waals surface area contributed by atoms with Crippen molar-refractivity contribution < 1.29 is 18.7 Å². The molecular formula is C25H29Cl2FN2O3. The summed E-state index contributed by atoms with van der Waals surface area (Å²) < 4.78 is 18.7. The third-order valence-electron chi connectivity index (χ3n) is 5.87. The van der Waals surface area contributed by atoms with Gasteiger partial charge in [0.1, 0.15) is 17.6 Å². The molecule has 2 amide bonds. The van der Waals surface area contributed by atoms with E-state index in [1.54, 1.807) is 18.2 Å². The number of benzene rings is 2. The normalized spacial score (nSPS) is 15.0. The maximum Gasteiger partial charge on any atom is 0.261 e. The summed E-state index contributed by atoms with van der Waals surface area (Å²) in [5.74, 6) is -0.562. The maximum atomic E-state index is 13.2. The van der Waals surface area contributed by atoms with Crippen molar-refractivity contribution in [2.45, 2.75) is 64.1 Å². The SMILES string of the molecule is CC[C@H](C(=O)NC1CCCCC1)N(Cc1ccc(Cl)cc1Cl)C(=O)COc1ccc(F)cc1. The number of rotatable bonds is 9. The number of hydrogen-bond acceptors (Lipinski definition) is 3. The largest absolute Gasteiger partial charge is 0.484 e. The molecule has 0 heterocycles. The van der Waals surface area contributed by atoms with Gasteiger partial charge in [0.2, 0.25) is 5.91 Å². The van der Waals surface area contributed by atoms with Crippen molar-refractivity contribution >= 4 is 35.0 Å². The van der Waals surface area contributed by atoms with Gasteiger partial charge in [-0.25, -0.2) is 4.39 Å². The van der Waals surface area contributed by atoms with Crippen LogP contribution in [0.25, 0.3) is 0 Å². The van der Waals surface area contributed by atoms with Gasteiger partial charge in [-0.15, -0.1) is 0 Å². The highest BCUT2D eigenvalue weighted by Gasteiger charge is 2.31. The molecule has 5 nitrogen and oxygen atoms in total. The number of ether oxygens (including phenoxy) is 1. The Bertz CT molecular complexity index is 949. The lowest BCUT2D eigenvalue weighted by Crippen LogP contribution is -2.52. The number of carbonyl (C=O) groups is 2. The van der Waals surface area contributed by atoms with E-state index in [1.807, 2.05) is 6.92 Å². The van der Waals surface area contributed by atoms with E-state index >= 15 is 0 Å². The van der Waals surface area contributed by atoms with Crippen molar-refractivity contribution in [2.75, 3.05) is 6.61 Å². The summed E-state index contributed by atoms with van der Waals surface area (Å²) in [6.45, 7) is 1.72. The number of halogens is 3. The summed E-state index contributed by atoms with van der Waals surface area (Å²) in [6.07, 6.45) is 5.71. The molecule has 1 aliphatic carbocycles. The maximum absolute atomic E-state index is 13.2. The Kier molecular flexibility index (Phi) is 9.39. The van der Waals surface area contributed by atoms with E-state index in [1.165, 1.54) is 35.6 Å². The molecule has 3 rings (SSSR count). The van der Waals surface area contributed by atoms with E-state index in [4.69, 9.17) is 27.9 Å². The molecule has 1 fully saturated rings. The molecule has 2 aromatic carbocycles. The minimum atomic E-state index is -0.678. The topological polar surface area (TPSA) is 58.6 Å². The van der Waals surface area contributed by atoms with Gasteiger partial charge in [0.25, 0.3) is 5.91 Å². The van der Waals surface area contributed by atoms with E-state index in [0.29, 0.717) is 27.8 Å². The van der Waals surface area contributed by atoms with Gasteiger partial charge < -0.3 is 15.0 Å². The fraction of sp³-hybridized carbons (Fsp3) is 0.440. The summed E-state index contributed by atoms with van der Waals surface area (Å²) in [7, 11) is 0. The molecule has 2 aromatic rings. The molecule has 0 radical (unpaired) electrons. The number of nitrogens with zero attached hydrogens (tertiary/aromatic N) is 1. The number of hydrogen-bond donors (Lipinski definition) is 1. The van der Waals surface area contributed by atoms with Crippen LogP contribution in [0.3, 0.4) is 0 Å². The van der Waals surface area contributed by atoms with Crippen molar-refractivity contribution in [3.63, 3.8) is 0 Å². The van der Waals surface area contributed by atoms with Crippen LogP contribution in [-0.2, 0) is 16.1 Å². The number of nitrogens with one attached hydrogen (secondary N) is 1. The van der Waals surface area contributed by atoms with Crippen LogP contribution in [0.4, 0.5) is 4.39 Å². The fourth-order valence-electron chi connectivity index (χ4n) is 4.06. The lowest BCUT2D eigenvalue weighted by atomic mass is 9.95. The molecule has 1 atom stereocenters. The summed E-state index contributed by atoms with van der Waals surface area (Å²) in [4.78, 5) is 27.9. The van der Waals surface area contributed by atoms with Gasteiger partial charge in [0.15, 0.2) is 6.61 Å². The Morgan fingerprint density at radius 3 is 2.45 bits per heavy atom. The van der Waals surface area contributed by atoms with Crippen LogP contribution in [0.15, 0.2) is 42.5 Å². The zero-order valence-corrected chi connectivity index (χ0v) is 20.2. The highest BCUT2D eigenvalue weighted by Crippen LogP contribution is 2.24. The zero-order valence-electron chi connectivity index (χ0n) is 18.7. The molecule has 8 heteroatoms. The number of amides is 2. The Morgan fingerprint density at radius 1 is 1.12 bits per heavy atom. The molecule has 1 aliphatic rings. The van der Waals surface area contributed by atoms with Gasteiger partial charge in [-0.2, -0.15) is 0 Å². The van der Waals surface area contributed by atoms with Crippen molar-refractivity contribution in [3.05, 3.63) is 63.9 Å². The molecule has 33 heavy (non-hydrogen) atoms. The molecule has 0 saturated heterocycles. The zero-order chi connectivity index (χ0) is 23.8. The van der Waals surface area contributed by atoms with Crippen LogP contribution in [0, 0.1) is 5.82 Å². The average molecular weight is 495 g/mol. The van der Waals surface area contributed by atoms with Crippen LogP contribution in [-0.4, -0.2) is 35.4 Å². The first-order valence-corrected chi connectivity index (χ1v) is 12.0. The van der Waals surface area contributed by atoms with Gasteiger partial charge >= 0.3 is 0 Å². The summed E-state index contributed by atoms with van der Waals surface area (Å²) >= 11 is 12.4.